The fourth-order valence-corrected chi connectivity index (χ4v) is 2.40. The van der Waals surface area contributed by atoms with Gasteiger partial charge in [0.15, 0.2) is 0 Å². The summed E-state index contributed by atoms with van der Waals surface area (Å²) in [7, 11) is 0. The number of aromatic nitrogens is 1. The van der Waals surface area contributed by atoms with Crippen LogP contribution in [0, 0.1) is 12.8 Å². The van der Waals surface area contributed by atoms with Crippen molar-refractivity contribution in [3.8, 4) is 0 Å². The van der Waals surface area contributed by atoms with Gasteiger partial charge in [0.25, 0.3) is 5.56 Å². The summed E-state index contributed by atoms with van der Waals surface area (Å²) in [5.74, 6) is -0.439. The standard InChI is InChI=1S/C16H19NO3/c1-10(2)6-7-17-14(18)5-4-12-9-13(16(19)20)8-11(3)15(12)17/h4-5,8-10H,6-7H2,1-3H3,(H,19,20). The first-order valence-corrected chi connectivity index (χ1v) is 6.77. The lowest BCUT2D eigenvalue weighted by atomic mass is 10.0. The molecule has 1 aromatic carbocycles. The fourth-order valence-electron chi connectivity index (χ4n) is 2.40. The van der Waals surface area contributed by atoms with Gasteiger partial charge >= 0.3 is 5.97 Å². The van der Waals surface area contributed by atoms with E-state index in [9.17, 15) is 9.59 Å². The molecule has 0 spiro atoms. The molecule has 1 N–H and O–H groups in total. The second-order valence-electron chi connectivity index (χ2n) is 5.54. The molecule has 1 heterocycles. The van der Waals surface area contributed by atoms with Crippen molar-refractivity contribution >= 4 is 16.9 Å². The molecule has 106 valence electrons. The van der Waals surface area contributed by atoms with Crippen LogP contribution in [0.1, 0.15) is 36.2 Å². The highest BCUT2D eigenvalue weighted by Crippen LogP contribution is 2.20. The zero-order valence-electron chi connectivity index (χ0n) is 12.0. The molecular weight excluding hydrogens is 254 g/mol. The molecule has 0 bridgehead atoms. The molecular formula is C16H19NO3. The lowest BCUT2D eigenvalue weighted by Crippen LogP contribution is -2.21. The van der Waals surface area contributed by atoms with Crippen LogP contribution in [-0.4, -0.2) is 15.6 Å². The van der Waals surface area contributed by atoms with Crippen molar-refractivity contribution in [3.05, 3.63) is 45.7 Å². The quantitative estimate of drug-likeness (QED) is 0.931. The molecule has 0 unspecified atom stereocenters. The molecule has 0 saturated carbocycles. The van der Waals surface area contributed by atoms with Gasteiger partial charge in [-0.2, -0.15) is 0 Å². The first-order valence-electron chi connectivity index (χ1n) is 6.77. The highest BCUT2D eigenvalue weighted by atomic mass is 16.4. The molecule has 0 radical (unpaired) electrons. The monoisotopic (exact) mass is 273 g/mol. The molecule has 1 aromatic heterocycles. The van der Waals surface area contributed by atoms with Crippen molar-refractivity contribution in [1.29, 1.82) is 0 Å². The van der Waals surface area contributed by atoms with Crippen LogP contribution in [-0.2, 0) is 6.54 Å². The van der Waals surface area contributed by atoms with Crippen LogP contribution in [0.5, 0.6) is 0 Å². The number of pyridine rings is 1. The van der Waals surface area contributed by atoms with Gasteiger partial charge in [0.1, 0.15) is 0 Å². The molecule has 0 aliphatic rings. The minimum atomic E-state index is -0.949. The third-order valence-electron chi connectivity index (χ3n) is 3.45. The first-order chi connectivity index (χ1) is 9.40. The van der Waals surface area contributed by atoms with Crippen LogP contribution in [0.2, 0.25) is 0 Å². The van der Waals surface area contributed by atoms with E-state index in [4.69, 9.17) is 5.11 Å². The first kappa shape index (κ1) is 14.3. The summed E-state index contributed by atoms with van der Waals surface area (Å²) < 4.78 is 1.75. The van der Waals surface area contributed by atoms with Gasteiger partial charge in [0.2, 0.25) is 0 Å². The zero-order chi connectivity index (χ0) is 14.9. The van der Waals surface area contributed by atoms with Gasteiger partial charge in [-0.3, -0.25) is 4.79 Å². The van der Waals surface area contributed by atoms with E-state index in [1.54, 1.807) is 22.8 Å². The van der Waals surface area contributed by atoms with Crippen molar-refractivity contribution in [2.75, 3.05) is 0 Å². The van der Waals surface area contributed by atoms with E-state index in [-0.39, 0.29) is 11.1 Å². The smallest absolute Gasteiger partial charge is 0.335 e. The van der Waals surface area contributed by atoms with Crippen LogP contribution in [0.4, 0.5) is 0 Å². The number of carbonyl (C=O) groups is 1. The van der Waals surface area contributed by atoms with Gasteiger partial charge in [0, 0.05) is 12.6 Å². The summed E-state index contributed by atoms with van der Waals surface area (Å²) in [6.45, 7) is 6.73. The molecule has 4 nitrogen and oxygen atoms in total. The molecule has 0 atom stereocenters. The summed E-state index contributed by atoms with van der Waals surface area (Å²) in [5.41, 5.74) is 1.87. The van der Waals surface area contributed by atoms with Crippen LogP contribution in [0.15, 0.2) is 29.1 Å². The minimum absolute atomic E-state index is 0.0377. The van der Waals surface area contributed by atoms with Gasteiger partial charge in [-0.25, -0.2) is 4.79 Å². The van der Waals surface area contributed by atoms with E-state index in [1.165, 1.54) is 6.07 Å². The SMILES string of the molecule is Cc1cc(C(=O)O)cc2ccc(=O)n(CCC(C)C)c12. The number of rotatable bonds is 4. The Morgan fingerprint density at radius 1 is 1.30 bits per heavy atom. The molecule has 0 fully saturated rings. The Labute approximate surface area is 117 Å². The fraction of sp³-hybridized carbons (Fsp3) is 0.375. The number of hydrogen-bond acceptors (Lipinski definition) is 2. The van der Waals surface area contributed by atoms with Gasteiger partial charge < -0.3 is 9.67 Å². The summed E-state index contributed by atoms with van der Waals surface area (Å²) >= 11 is 0. The van der Waals surface area contributed by atoms with E-state index in [1.807, 2.05) is 6.92 Å². The third kappa shape index (κ3) is 2.74. The molecule has 0 saturated heterocycles. The number of fused-ring (bicyclic) bond motifs is 1. The molecule has 20 heavy (non-hydrogen) atoms. The topological polar surface area (TPSA) is 59.3 Å². The summed E-state index contributed by atoms with van der Waals surface area (Å²) in [5, 5.41) is 9.90. The maximum absolute atomic E-state index is 12.1. The average molecular weight is 273 g/mol. The second kappa shape index (κ2) is 5.49. The van der Waals surface area contributed by atoms with E-state index in [0.717, 1.165) is 22.9 Å². The third-order valence-corrected chi connectivity index (χ3v) is 3.45. The normalized spacial score (nSPS) is 11.2. The van der Waals surface area contributed by atoms with Crippen LogP contribution in [0.25, 0.3) is 10.9 Å². The van der Waals surface area contributed by atoms with Gasteiger partial charge in [-0.15, -0.1) is 0 Å². The van der Waals surface area contributed by atoms with E-state index in [0.29, 0.717) is 12.5 Å². The number of carboxylic acid groups (broad SMARTS) is 1. The molecule has 2 aromatic rings. The highest BCUT2D eigenvalue weighted by molar-refractivity contribution is 5.94. The summed E-state index contributed by atoms with van der Waals surface area (Å²) in [4.78, 5) is 23.2. The highest BCUT2D eigenvalue weighted by Gasteiger charge is 2.11. The van der Waals surface area contributed by atoms with Gasteiger partial charge in [0.05, 0.1) is 11.1 Å². The van der Waals surface area contributed by atoms with E-state index in [2.05, 4.69) is 13.8 Å². The average Bonchev–Trinajstić information content (AvgIpc) is 2.37. The van der Waals surface area contributed by atoms with Crippen molar-refractivity contribution < 1.29 is 9.90 Å². The van der Waals surface area contributed by atoms with E-state index >= 15 is 0 Å². The number of aryl methyl sites for hydroxylation is 2. The maximum atomic E-state index is 12.1. The maximum Gasteiger partial charge on any atom is 0.335 e. The Kier molecular flexibility index (Phi) is 3.93. The summed E-state index contributed by atoms with van der Waals surface area (Å²) in [6.07, 6.45) is 0.916. The number of benzene rings is 1. The molecule has 2 rings (SSSR count). The molecule has 4 heteroatoms. The number of aromatic carboxylic acids is 1. The van der Waals surface area contributed by atoms with Crippen LogP contribution in [0.3, 0.4) is 0 Å². The van der Waals surface area contributed by atoms with Crippen molar-refractivity contribution in [2.24, 2.45) is 5.92 Å². The van der Waals surface area contributed by atoms with E-state index < -0.39 is 5.97 Å². The predicted octanol–water partition coefficient (Wildman–Crippen LogP) is 3.05. The molecule has 0 amide bonds. The molecule has 0 aliphatic heterocycles. The van der Waals surface area contributed by atoms with Crippen molar-refractivity contribution in [3.63, 3.8) is 0 Å². The Bertz CT molecular complexity index is 713. The van der Waals surface area contributed by atoms with Crippen molar-refractivity contribution in [2.45, 2.75) is 33.7 Å². The van der Waals surface area contributed by atoms with Gasteiger partial charge in [-0.05, 0) is 48.4 Å². The lowest BCUT2D eigenvalue weighted by molar-refractivity contribution is 0.0697. The predicted molar refractivity (Wildman–Crippen MR) is 79.4 cm³/mol. The number of nitrogens with zero attached hydrogens (tertiary/aromatic N) is 1. The van der Waals surface area contributed by atoms with Crippen LogP contribution >= 0.6 is 0 Å². The number of carboxylic acids is 1. The Morgan fingerprint density at radius 3 is 2.60 bits per heavy atom. The van der Waals surface area contributed by atoms with Gasteiger partial charge in [-0.1, -0.05) is 13.8 Å². The minimum Gasteiger partial charge on any atom is -0.478 e. The molecule has 0 aliphatic carbocycles. The Morgan fingerprint density at radius 2 is 2.00 bits per heavy atom. The summed E-state index contributed by atoms with van der Waals surface area (Å²) in [6, 6.07) is 6.45. The lowest BCUT2D eigenvalue weighted by Gasteiger charge is -2.14. The largest absolute Gasteiger partial charge is 0.478 e. The second-order valence-corrected chi connectivity index (χ2v) is 5.54. The Balaban J connectivity index is 2.65. The number of hydrogen-bond donors (Lipinski definition) is 1. The zero-order valence-corrected chi connectivity index (χ0v) is 12.0. The van der Waals surface area contributed by atoms with Crippen LogP contribution < -0.4 is 5.56 Å². The van der Waals surface area contributed by atoms with Crippen molar-refractivity contribution in [1.82, 2.24) is 4.57 Å². The Hall–Kier alpha value is -2.10.